The van der Waals surface area contributed by atoms with Gasteiger partial charge in [0.15, 0.2) is 18.9 Å². The van der Waals surface area contributed by atoms with Crippen LogP contribution in [0.4, 0.5) is 0 Å². The molecule has 0 fully saturated rings. The van der Waals surface area contributed by atoms with Crippen LogP contribution >= 0.6 is 0 Å². The second-order valence-electron chi connectivity index (χ2n) is 12.9. The summed E-state index contributed by atoms with van der Waals surface area (Å²) in [5.41, 5.74) is 0. The van der Waals surface area contributed by atoms with E-state index in [4.69, 9.17) is 18.9 Å². The van der Waals surface area contributed by atoms with Crippen molar-refractivity contribution in [1.29, 1.82) is 0 Å². The van der Waals surface area contributed by atoms with Gasteiger partial charge in [-0.2, -0.15) is 0 Å². The Bertz CT molecular complexity index is 659. The van der Waals surface area contributed by atoms with E-state index in [1.165, 1.54) is 141 Å². The maximum absolute atomic E-state index is 6.21. The molecule has 0 aliphatic carbocycles. The van der Waals surface area contributed by atoms with Crippen LogP contribution in [0.1, 0.15) is 168 Å². The lowest BCUT2D eigenvalue weighted by Gasteiger charge is -2.18. The molecular formula is C39H74NO4+. The molecule has 44 heavy (non-hydrogen) atoms. The van der Waals surface area contributed by atoms with Crippen molar-refractivity contribution >= 4 is 0 Å². The molecule has 0 N–H and O–H groups in total. The van der Waals surface area contributed by atoms with Gasteiger partial charge in [0.25, 0.3) is 0 Å². The van der Waals surface area contributed by atoms with E-state index in [0.29, 0.717) is 26.6 Å². The van der Waals surface area contributed by atoms with Crippen molar-refractivity contribution in [2.24, 2.45) is 0 Å². The lowest BCUT2D eigenvalue weighted by atomic mass is 10.1. The van der Waals surface area contributed by atoms with Gasteiger partial charge in [0.05, 0.1) is 13.2 Å². The zero-order chi connectivity index (χ0) is 31.4. The fourth-order valence-corrected chi connectivity index (χ4v) is 5.65. The van der Waals surface area contributed by atoms with Crippen molar-refractivity contribution in [3.8, 4) is 0 Å². The molecule has 1 aromatic heterocycles. The van der Waals surface area contributed by atoms with Crippen LogP contribution in [0.15, 0.2) is 30.6 Å². The molecule has 5 heteroatoms. The van der Waals surface area contributed by atoms with E-state index >= 15 is 0 Å². The number of nitrogens with zero attached hydrogens (tertiary/aromatic N) is 1. The Balaban J connectivity index is 2.08. The van der Waals surface area contributed by atoms with Gasteiger partial charge in [0.1, 0.15) is 19.5 Å². The van der Waals surface area contributed by atoms with Crippen LogP contribution in [0, 0.1) is 0 Å². The summed E-state index contributed by atoms with van der Waals surface area (Å²) in [6, 6.07) is 6.09. The quantitative estimate of drug-likeness (QED) is 0.0425. The topological polar surface area (TPSA) is 40.8 Å². The minimum absolute atomic E-state index is 0.0212. The van der Waals surface area contributed by atoms with E-state index in [2.05, 4.69) is 30.8 Å². The number of hydrogen-bond donors (Lipinski definition) is 0. The van der Waals surface area contributed by atoms with Crippen LogP contribution in [-0.2, 0) is 25.5 Å². The highest BCUT2D eigenvalue weighted by molar-refractivity contribution is 4.83. The molecule has 1 rings (SSSR count). The molecule has 0 radical (unpaired) electrons. The van der Waals surface area contributed by atoms with Gasteiger partial charge in [-0.05, 0) is 12.8 Å². The third-order valence-electron chi connectivity index (χ3n) is 8.54. The van der Waals surface area contributed by atoms with Crippen LogP contribution in [0.2, 0.25) is 0 Å². The number of hydrogen-bond acceptors (Lipinski definition) is 4. The summed E-state index contributed by atoms with van der Waals surface area (Å²) in [6.07, 6.45) is 36.8. The minimum atomic E-state index is -0.0212. The van der Waals surface area contributed by atoms with Gasteiger partial charge in [-0.25, -0.2) is 4.57 Å². The van der Waals surface area contributed by atoms with Crippen LogP contribution in [0.5, 0.6) is 0 Å². The van der Waals surface area contributed by atoms with E-state index in [-0.39, 0.29) is 6.10 Å². The summed E-state index contributed by atoms with van der Waals surface area (Å²) in [6.45, 7) is 9.07. The second-order valence-corrected chi connectivity index (χ2v) is 12.9. The Hall–Kier alpha value is -1.01. The Labute approximate surface area is 274 Å². The molecule has 1 atom stereocenters. The van der Waals surface area contributed by atoms with Gasteiger partial charge in [0, 0.05) is 25.3 Å². The monoisotopic (exact) mass is 621 g/mol. The minimum Gasteiger partial charge on any atom is -0.379 e. The smallest absolute Gasteiger partial charge is 0.171 e. The number of rotatable bonds is 36. The van der Waals surface area contributed by atoms with Crippen LogP contribution in [0.25, 0.3) is 0 Å². The molecule has 258 valence electrons. The molecule has 0 amide bonds. The van der Waals surface area contributed by atoms with Crippen molar-refractivity contribution in [1.82, 2.24) is 0 Å². The fraction of sp³-hybridized carbons (Fsp3) is 0.872. The molecule has 0 saturated carbocycles. The molecule has 5 nitrogen and oxygen atoms in total. The zero-order valence-corrected chi connectivity index (χ0v) is 29.5. The maximum atomic E-state index is 6.21. The Morgan fingerprint density at radius 2 is 0.864 bits per heavy atom. The second kappa shape index (κ2) is 34.9. The first-order chi connectivity index (χ1) is 21.9. The van der Waals surface area contributed by atoms with Crippen LogP contribution in [-0.4, -0.2) is 45.9 Å². The molecule has 0 aliphatic heterocycles. The molecule has 1 unspecified atom stereocenters. The SMILES string of the molecule is CCCCCCCCCCCCCCOCC(COCOCC[n+]1ccccc1)OCCCCCCCCCCCCCC. The molecule has 1 aromatic rings. The van der Waals surface area contributed by atoms with E-state index < -0.39 is 0 Å². The summed E-state index contributed by atoms with van der Waals surface area (Å²) in [4.78, 5) is 0. The van der Waals surface area contributed by atoms with Crippen LogP contribution < -0.4 is 4.57 Å². The third kappa shape index (κ3) is 29.7. The van der Waals surface area contributed by atoms with Gasteiger partial charge in [0.2, 0.25) is 0 Å². The lowest BCUT2D eigenvalue weighted by molar-refractivity contribution is -0.698. The number of ether oxygens (including phenoxy) is 4. The molecule has 0 aliphatic rings. The summed E-state index contributed by atoms with van der Waals surface area (Å²) in [5.74, 6) is 0. The predicted molar refractivity (Wildman–Crippen MR) is 186 cm³/mol. The van der Waals surface area contributed by atoms with Gasteiger partial charge in [-0.3, -0.25) is 0 Å². The molecule has 0 spiro atoms. The maximum Gasteiger partial charge on any atom is 0.171 e. The van der Waals surface area contributed by atoms with Gasteiger partial charge < -0.3 is 18.9 Å². The summed E-state index contributed by atoms with van der Waals surface area (Å²) >= 11 is 0. The first-order valence-electron chi connectivity index (χ1n) is 19.2. The normalized spacial score (nSPS) is 12.2. The summed E-state index contributed by atoms with van der Waals surface area (Å²) in [5, 5.41) is 0. The van der Waals surface area contributed by atoms with E-state index in [9.17, 15) is 0 Å². The molecular weight excluding hydrogens is 546 g/mol. The first kappa shape index (κ1) is 41.0. The van der Waals surface area contributed by atoms with Crippen molar-refractivity contribution in [3.63, 3.8) is 0 Å². The van der Waals surface area contributed by atoms with Gasteiger partial charge >= 0.3 is 0 Å². The molecule has 0 saturated heterocycles. The predicted octanol–water partition coefficient (Wildman–Crippen LogP) is 10.8. The summed E-state index contributed by atoms with van der Waals surface area (Å²) < 4.78 is 25.9. The highest BCUT2D eigenvalue weighted by Crippen LogP contribution is 2.13. The van der Waals surface area contributed by atoms with Gasteiger partial charge in [-0.1, -0.05) is 161 Å². The largest absolute Gasteiger partial charge is 0.379 e. The lowest BCUT2D eigenvalue weighted by Crippen LogP contribution is -2.35. The average Bonchev–Trinajstić information content (AvgIpc) is 3.05. The van der Waals surface area contributed by atoms with E-state index in [1.807, 2.05) is 18.2 Å². The first-order valence-corrected chi connectivity index (χ1v) is 19.2. The standard InChI is InChI=1S/C39H74NO4/c1-3-5-7-9-11-13-15-17-19-21-23-28-33-41-36-39(37-43-38-42-35-32-40-30-26-25-27-31-40)44-34-29-24-22-20-18-16-14-12-10-8-6-4-2/h25-27,30-31,39H,3-24,28-29,32-38H2,1-2H3/q+1. The van der Waals surface area contributed by atoms with Crippen molar-refractivity contribution in [3.05, 3.63) is 30.6 Å². The number of pyridine rings is 1. The Morgan fingerprint density at radius 1 is 0.432 bits per heavy atom. The Kier molecular flexibility index (Phi) is 32.5. The molecule has 0 aromatic carbocycles. The van der Waals surface area contributed by atoms with Crippen molar-refractivity contribution < 1.29 is 23.5 Å². The van der Waals surface area contributed by atoms with Crippen molar-refractivity contribution in [2.45, 2.75) is 181 Å². The fourth-order valence-electron chi connectivity index (χ4n) is 5.65. The van der Waals surface area contributed by atoms with Crippen LogP contribution in [0.3, 0.4) is 0 Å². The molecule has 1 heterocycles. The van der Waals surface area contributed by atoms with E-state index in [0.717, 1.165) is 32.6 Å². The average molecular weight is 621 g/mol. The Morgan fingerprint density at radius 3 is 1.36 bits per heavy atom. The molecule has 0 bridgehead atoms. The zero-order valence-electron chi connectivity index (χ0n) is 29.5. The van der Waals surface area contributed by atoms with Crippen molar-refractivity contribution in [2.75, 3.05) is 39.8 Å². The van der Waals surface area contributed by atoms with E-state index in [1.54, 1.807) is 0 Å². The van der Waals surface area contributed by atoms with Gasteiger partial charge in [-0.15, -0.1) is 0 Å². The third-order valence-corrected chi connectivity index (χ3v) is 8.54. The number of unbranched alkanes of at least 4 members (excludes halogenated alkanes) is 22. The summed E-state index contributed by atoms with van der Waals surface area (Å²) in [7, 11) is 0. The highest BCUT2D eigenvalue weighted by atomic mass is 16.7. The highest BCUT2D eigenvalue weighted by Gasteiger charge is 2.10. The number of aromatic nitrogens is 1.